The van der Waals surface area contributed by atoms with Crippen LogP contribution in [-0.2, 0) is 4.74 Å². The number of nitrogens with zero attached hydrogens (tertiary/aromatic N) is 2. The number of hydrogen-bond acceptors (Lipinski definition) is 5. The summed E-state index contributed by atoms with van der Waals surface area (Å²) in [5.74, 6) is -0.695. The first-order valence-corrected chi connectivity index (χ1v) is 8.72. The molecule has 1 amide bonds. The maximum atomic E-state index is 12.7. The highest BCUT2D eigenvalue weighted by Crippen LogP contribution is 2.33. The second-order valence-electron chi connectivity index (χ2n) is 5.87. The van der Waals surface area contributed by atoms with Gasteiger partial charge in [-0.05, 0) is 53.2 Å². The highest BCUT2D eigenvalue weighted by molar-refractivity contribution is 7.16. The lowest BCUT2D eigenvalue weighted by molar-refractivity contribution is 0.0527. The van der Waals surface area contributed by atoms with Crippen LogP contribution in [0.25, 0.3) is 0 Å². The monoisotopic (exact) mass is 349 g/mol. The molecule has 2 rings (SSSR count). The molecule has 0 fully saturated rings. The molecule has 0 saturated heterocycles. The number of carbonyl (C=O) groups is 2. The van der Waals surface area contributed by atoms with E-state index in [1.165, 1.54) is 11.3 Å². The highest BCUT2D eigenvalue weighted by atomic mass is 32.1. The minimum absolute atomic E-state index is 0.0655. The molecule has 24 heavy (non-hydrogen) atoms. The molecule has 0 saturated carbocycles. The van der Waals surface area contributed by atoms with Gasteiger partial charge < -0.3 is 10.1 Å². The smallest absolute Gasteiger partial charge is 0.341 e. The number of carbonyl (C=O) groups excluding carboxylic acids is 2. The number of rotatable bonds is 5. The average Bonchev–Trinajstić information content (AvgIpc) is 3.01. The zero-order chi connectivity index (χ0) is 18.0. The first-order chi connectivity index (χ1) is 11.3. The molecule has 130 valence electrons. The van der Waals surface area contributed by atoms with Crippen molar-refractivity contribution in [1.82, 2.24) is 9.78 Å². The Morgan fingerprint density at radius 3 is 2.58 bits per heavy atom. The molecule has 0 aromatic carbocycles. The van der Waals surface area contributed by atoms with Gasteiger partial charge >= 0.3 is 5.97 Å². The summed E-state index contributed by atoms with van der Waals surface area (Å²) in [7, 11) is 0. The number of hydrogen-bond donors (Lipinski definition) is 1. The fraction of sp³-hybridized carbons (Fsp3) is 0.471. The van der Waals surface area contributed by atoms with E-state index in [0.717, 1.165) is 16.1 Å². The molecule has 0 aliphatic heterocycles. The van der Waals surface area contributed by atoms with E-state index in [2.05, 4.69) is 10.4 Å². The van der Waals surface area contributed by atoms with Crippen LogP contribution < -0.4 is 5.32 Å². The normalized spacial score (nSPS) is 11.0. The maximum Gasteiger partial charge on any atom is 0.341 e. The van der Waals surface area contributed by atoms with Crippen molar-refractivity contribution in [3.05, 3.63) is 33.5 Å². The Labute approximate surface area is 145 Å². The first kappa shape index (κ1) is 18.2. The zero-order valence-corrected chi connectivity index (χ0v) is 15.7. The molecular formula is C17H23N3O3S. The molecule has 6 nitrogen and oxygen atoms in total. The van der Waals surface area contributed by atoms with E-state index in [1.54, 1.807) is 17.7 Å². The Morgan fingerprint density at radius 2 is 2.00 bits per heavy atom. The molecule has 7 heteroatoms. The standard InChI is InChI=1S/C17H23N3O3S/c1-7-23-17(22)14-11(5)12(6)24-16(14)18-15(21)13-8-10(4)19-20(13)9(2)3/h8-9H,7H2,1-6H3,(H,18,21). The van der Waals surface area contributed by atoms with Crippen LogP contribution in [0.2, 0.25) is 0 Å². The molecule has 0 spiro atoms. The van der Waals surface area contributed by atoms with Gasteiger partial charge in [0.15, 0.2) is 0 Å². The van der Waals surface area contributed by atoms with Gasteiger partial charge in [-0.2, -0.15) is 5.10 Å². The third kappa shape index (κ3) is 3.51. The van der Waals surface area contributed by atoms with Crippen molar-refractivity contribution in [2.45, 2.75) is 47.6 Å². The molecule has 2 aromatic rings. The van der Waals surface area contributed by atoms with Gasteiger partial charge in [-0.3, -0.25) is 9.48 Å². The van der Waals surface area contributed by atoms with E-state index in [0.29, 0.717) is 22.9 Å². The van der Waals surface area contributed by atoms with E-state index in [4.69, 9.17) is 4.74 Å². The zero-order valence-electron chi connectivity index (χ0n) is 14.9. The lowest BCUT2D eigenvalue weighted by Crippen LogP contribution is -2.20. The molecule has 0 radical (unpaired) electrons. The number of amides is 1. The topological polar surface area (TPSA) is 73.2 Å². The summed E-state index contributed by atoms with van der Waals surface area (Å²) in [5, 5.41) is 7.72. The van der Waals surface area contributed by atoms with Crippen molar-refractivity contribution in [2.24, 2.45) is 0 Å². The Kier molecular flexibility index (Phi) is 5.43. The lowest BCUT2D eigenvalue weighted by atomic mass is 10.1. The van der Waals surface area contributed by atoms with Gasteiger partial charge in [0, 0.05) is 10.9 Å². The summed E-state index contributed by atoms with van der Waals surface area (Å²) in [4.78, 5) is 25.9. The summed E-state index contributed by atoms with van der Waals surface area (Å²) < 4.78 is 6.80. The van der Waals surface area contributed by atoms with Crippen molar-refractivity contribution in [3.8, 4) is 0 Å². The molecule has 1 N–H and O–H groups in total. The Bertz CT molecular complexity index is 774. The van der Waals surface area contributed by atoms with Gasteiger partial charge in [0.25, 0.3) is 5.91 Å². The Hall–Kier alpha value is -2.15. The van der Waals surface area contributed by atoms with Crippen LogP contribution in [0.1, 0.15) is 63.8 Å². The predicted molar refractivity (Wildman–Crippen MR) is 95.1 cm³/mol. The SMILES string of the molecule is CCOC(=O)c1c(NC(=O)c2cc(C)nn2C(C)C)sc(C)c1C. The van der Waals surface area contributed by atoms with Crippen LogP contribution in [0.4, 0.5) is 5.00 Å². The van der Waals surface area contributed by atoms with E-state index >= 15 is 0 Å². The number of ether oxygens (including phenoxy) is 1. The van der Waals surface area contributed by atoms with Gasteiger partial charge in [-0.25, -0.2) is 4.79 Å². The quantitative estimate of drug-likeness (QED) is 0.831. The van der Waals surface area contributed by atoms with E-state index in [-0.39, 0.29) is 11.9 Å². The number of thiophene rings is 1. The second-order valence-corrected chi connectivity index (χ2v) is 7.10. The van der Waals surface area contributed by atoms with Gasteiger partial charge in [0.05, 0.1) is 17.9 Å². The number of aromatic nitrogens is 2. The molecule has 0 atom stereocenters. The fourth-order valence-corrected chi connectivity index (χ4v) is 3.45. The first-order valence-electron chi connectivity index (χ1n) is 7.90. The third-order valence-electron chi connectivity index (χ3n) is 3.67. The largest absolute Gasteiger partial charge is 0.462 e. The molecule has 0 aliphatic rings. The van der Waals surface area contributed by atoms with Crippen LogP contribution in [0.3, 0.4) is 0 Å². The summed E-state index contributed by atoms with van der Waals surface area (Å²) in [6.45, 7) is 11.6. The van der Waals surface area contributed by atoms with Crippen molar-refractivity contribution in [3.63, 3.8) is 0 Å². The molecule has 0 unspecified atom stereocenters. The molecule has 0 bridgehead atoms. The van der Waals surface area contributed by atoms with Crippen molar-refractivity contribution >= 4 is 28.2 Å². The number of anilines is 1. The maximum absolute atomic E-state index is 12.7. The van der Waals surface area contributed by atoms with Crippen LogP contribution in [0.15, 0.2) is 6.07 Å². The molecule has 0 aliphatic carbocycles. The van der Waals surface area contributed by atoms with Crippen LogP contribution in [0, 0.1) is 20.8 Å². The van der Waals surface area contributed by atoms with Crippen molar-refractivity contribution in [2.75, 3.05) is 11.9 Å². The predicted octanol–water partition coefficient (Wildman–Crippen LogP) is 3.88. The van der Waals surface area contributed by atoms with Gasteiger partial charge in [0.1, 0.15) is 10.7 Å². The third-order valence-corrected chi connectivity index (χ3v) is 4.79. The number of aryl methyl sites for hydroxylation is 2. The molecule has 2 heterocycles. The van der Waals surface area contributed by atoms with E-state index < -0.39 is 5.97 Å². The summed E-state index contributed by atoms with van der Waals surface area (Å²) in [6, 6.07) is 1.81. The molecule has 2 aromatic heterocycles. The Morgan fingerprint density at radius 1 is 1.33 bits per heavy atom. The van der Waals surface area contributed by atoms with E-state index in [1.807, 2.05) is 34.6 Å². The second kappa shape index (κ2) is 7.17. The summed E-state index contributed by atoms with van der Waals surface area (Å²) in [6.07, 6.45) is 0. The lowest BCUT2D eigenvalue weighted by Gasteiger charge is -2.11. The molecular weight excluding hydrogens is 326 g/mol. The van der Waals surface area contributed by atoms with Gasteiger partial charge in [-0.1, -0.05) is 0 Å². The number of nitrogens with one attached hydrogen (secondary N) is 1. The van der Waals surface area contributed by atoms with Crippen LogP contribution in [0.5, 0.6) is 0 Å². The Balaban J connectivity index is 2.36. The number of esters is 1. The average molecular weight is 349 g/mol. The summed E-state index contributed by atoms with van der Waals surface area (Å²) in [5.41, 5.74) is 2.52. The van der Waals surface area contributed by atoms with Crippen molar-refractivity contribution in [1.29, 1.82) is 0 Å². The van der Waals surface area contributed by atoms with Gasteiger partial charge in [0.2, 0.25) is 0 Å². The van der Waals surface area contributed by atoms with Gasteiger partial charge in [-0.15, -0.1) is 11.3 Å². The summed E-state index contributed by atoms with van der Waals surface area (Å²) >= 11 is 1.38. The van der Waals surface area contributed by atoms with Crippen LogP contribution >= 0.6 is 11.3 Å². The highest BCUT2D eigenvalue weighted by Gasteiger charge is 2.24. The minimum atomic E-state index is -0.414. The fourth-order valence-electron chi connectivity index (χ4n) is 2.41. The van der Waals surface area contributed by atoms with Crippen molar-refractivity contribution < 1.29 is 14.3 Å². The van der Waals surface area contributed by atoms with E-state index in [9.17, 15) is 9.59 Å². The van der Waals surface area contributed by atoms with Crippen LogP contribution in [-0.4, -0.2) is 28.3 Å². The minimum Gasteiger partial charge on any atom is -0.462 e.